The van der Waals surface area contributed by atoms with E-state index in [4.69, 9.17) is 18.9 Å². The number of aromatic hydroxyl groups is 1. The molecule has 0 spiro atoms. The molecule has 7 heteroatoms. The minimum atomic E-state index is -0.299. The molecule has 0 unspecified atom stereocenters. The van der Waals surface area contributed by atoms with Gasteiger partial charge in [0.25, 0.3) is 0 Å². The second-order valence-electron chi connectivity index (χ2n) is 7.17. The second kappa shape index (κ2) is 11.5. The number of benzene rings is 3. The Bertz CT molecular complexity index is 1170. The van der Waals surface area contributed by atoms with Crippen LogP contribution in [0.5, 0.6) is 28.7 Å². The summed E-state index contributed by atoms with van der Waals surface area (Å²) in [7, 11) is 6.25. The highest BCUT2D eigenvalue weighted by atomic mass is 16.5. The molecule has 7 nitrogen and oxygen atoms in total. The van der Waals surface area contributed by atoms with Crippen LogP contribution in [0.2, 0.25) is 0 Å². The Morgan fingerprint density at radius 3 is 1.85 bits per heavy atom. The fourth-order valence-electron chi connectivity index (χ4n) is 3.24. The lowest BCUT2D eigenvalue weighted by atomic mass is 10.1. The molecule has 1 amide bonds. The van der Waals surface area contributed by atoms with Crippen LogP contribution in [0.4, 0.5) is 5.69 Å². The number of anilines is 1. The quantitative estimate of drug-likeness (QED) is 0.334. The zero-order valence-corrected chi connectivity index (χ0v) is 19.5. The van der Waals surface area contributed by atoms with Crippen LogP contribution >= 0.6 is 0 Å². The Morgan fingerprint density at radius 2 is 1.26 bits per heavy atom. The van der Waals surface area contributed by atoms with Gasteiger partial charge in [0.2, 0.25) is 11.7 Å². The van der Waals surface area contributed by atoms with E-state index in [9.17, 15) is 9.90 Å². The number of hydrogen-bond donors (Lipinski definition) is 2. The maximum atomic E-state index is 12.3. The second-order valence-corrected chi connectivity index (χ2v) is 7.17. The number of amides is 1. The number of phenols is 1. The van der Waals surface area contributed by atoms with Crippen LogP contribution in [0.1, 0.15) is 16.7 Å². The standard InChI is InChI=1S/C27H27NO6/c1-31-23-15-19(5-6-20-16-24(32-2)27(34-4)25(17-20)33-3)9-13-22(23)28-26(30)14-10-18-7-11-21(29)12-8-18/h5-17,29H,1-4H3,(H,28,30)/b6-5?,14-10+. The molecular weight excluding hydrogens is 434 g/mol. The minimum Gasteiger partial charge on any atom is -0.508 e. The molecule has 3 aromatic carbocycles. The Kier molecular flexibility index (Phi) is 8.18. The smallest absolute Gasteiger partial charge is 0.248 e. The zero-order valence-electron chi connectivity index (χ0n) is 19.5. The molecule has 0 radical (unpaired) electrons. The van der Waals surface area contributed by atoms with Gasteiger partial charge in [-0.3, -0.25) is 4.79 Å². The first-order valence-electron chi connectivity index (χ1n) is 10.4. The molecule has 0 aliphatic heterocycles. The molecule has 0 fully saturated rings. The predicted octanol–water partition coefficient (Wildman–Crippen LogP) is 5.25. The van der Waals surface area contributed by atoms with E-state index in [1.54, 1.807) is 64.8 Å². The molecule has 0 aliphatic carbocycles. The lowest BCUT2D eigenvalue weighted by Crippen LogP contribution is -2.09. The topological polar surface area (TPSA) is 86.3 Å². The van der Waals surface area contributed by atoms with E-state index < -0.39 is 0 Å². The highest BCUT2D eigenvalue weighted by molar-refractivity contribution is 6.02. The molecule has 0 aromatic heterocycles. The summed E-state index contributed by atoms with van der Waals surface area (Å²) >= 11 is 0. The summed E-state index contributed by atoms with van der Waals surface area (Å²) in [4.78, 5) is 12.3. The monoisotopic (exact) mass is 461 g/mol. The summed E-state index contributed by atoms with van der Waals surface area (Å²) in [5.41, 5.74) is 3.09. The number of carbonyl (C=O) groups excluding carboxylic acids is 1. The highest BCUT2D eigenvalue weighted by Crippen LogP contribution is 2.38. The number of methoxy groups -OCH3 is 4. The van der Waals surface area contributed by atoms with Crippen molar-refractivity contribution in [3.63, 3.8) is 0 Å². The van der Waals surface area contributed by atoms with Crippen molar-refractivity contribution in [3.05, 3.63) is 77.4 Å². The average molecular weight is 462 g/mol. The Labute approximate surface area is 198 Å². The third kappa shape index (κ3) is 6.10. The van der Waals surface area contributed by atoms with Gasteiger partial charge < -0.3 is 29.4 Å². The normalized spacial score (nSPS) is 10.9. The number of ether oxygens (including phenoxy) is 4. The van der Waals surface area contributed by atoms with Crippen LogP contribution in [-0.4, -0.2) is 39.5 Å². The first-order chi connectivity index (χ1) is 16.5. The third-order valence-corrected chi connectivity index (χ3v) is 4.96. The largest absolute Gasteiger partial charge is 0.508 e. The van der Waals surface area contributed by atoms with Gasteiger partial charge in [-0.2, -0.15) is 0 Å². The molecule has 0 heterocycles. The molecule has 0 aliphatic rings. The summed E-state index contributed by atoms with van der Waals surface area (Å²) in [5.74, 6) is 2.06. The predicted molar refractivity (Wildman–Crippen MR) is 134 cm³/mol. The van der Waals surface area contributed by atoms with Crippen LogP contribution in [0.15, 0.2) is 60.7 Å². The van der Waals surface area contributed by atoms with E-state index >= 15 is 0 Å². The number of hydrogen-bond acceptors (Lipinski definition) is 6. The number of phenolic OH excluding ortho intramolecular Hbond substituents is 1. The highest BCUT2D eigenvalue weighted by Gasteiger charge is 2.12. The summed E-state index contributed by atoms with van der Waals surface area (Å²) < 4.78 is 21.6. The average Bonchev–Trinajstić information content (AvgIpc) is 2.86. The van der Waals surface area contributed by atoms with E-state index in [1.165, 1.54) is 6.08 Å². The first kappa shape index (κ1) is 24.3. The van der Waals surface area contributed by atoms with Crippen molar-refractivity contribution in [1.29, 1.82) is 0 Å². The van der Waals surface area contributed by atoms with Crippen LogP contribution in [0, 0.1) is 0 Å². The Hall–Kier alpha value is -4.39. The van der Waals surface area contributed by atoms with Crippen molar-refractivity contribution < 1.29 is 28.8 Å². The number of carbonyl (C=O) groups is 1. The maximum Gasteiger partial charge on any atom is 0.248 e. The van der Waals surface area contributed by atoms with Crippen LogP contribution < -0.4 is 24.3 Å². The summed E-state index contributed by atoms with van der Waals surface area (Å²) in [5, 5.41) is 12.2. The van der Waals surface area contributed by atoms with Gasteiger partial charge in [0, 0.05) is 6.08 Å². The molecule has 3 aromatic rings. The molecule has 2 N–H and O–H groups in total. The fourth-order valence-corrected chi connectivity index (χ4v) is 3.24. The van der Waals surface area contributed by atoms with Gasteiger partial charge in [-0.15, -0.1) is 0 Å². The van der Waals surface area contributed by atoms with Gasteiger partial charge in [0.05, 0.1) is 34.1 Å². The van der Waals surface area contributed by atoms with Crippen LogP contribution in [-0.2, 0) is 4.79 Å². The van der Waals surface area contributed by atoms with Gasteiger partial charge in [-0.1, -0.05) is 30.4 Å². The maximum absolute atomic E-state index is 12.3. The number of nitrogens with one attached hydrogen (secondary N) is 1. The minimum absolute atomic E-state index is 0.172. The van der Waals surface area contributed by atoms with Gasteiger partial charge in [-0.05, 0) is 59.2 Å². The SMILES string of the molecule is COc1cc(C=Cc2cc(OC)c(OC)c(OC)c2)ccc1NC(=O)/C=C/c1ccc(O)cc1. The molecule has 0 saturated carbocycles. The fraction of sp³-hybridized carbons (Fsp3) is 0.148. The molecule has 34 heavy (non-hydrogen) atoms. The van der Waals surface area contributed by atoms with Crippen molar-refractivity contribution in [2.45, 2.75) is 0 Å². The van der Waals surface area contributed by atoms with Crippen molar-refractivity contribution in [3.8, 4) is 28.7 Å². The van der Waals surface area contributed by atoms with E-state index in [2.05, 4.69) is 5.32 Å². The van der Waals surface area contributed by atoms with E-state index in [0.29, 0.717) is 28.7 Å². The molecule has 0 bridgehead atoms. The van der Waals surface area contributed by atoms with E-state index in [1.807, 2.05) is 36.4 Å². The Balaban J connectivity index is 1.75. The number of rotatable bonds is 9. The summed E-state index contributed by atoms with van der Waals surface area (Å²) in [6.07, 6.45) is 6.91. The molecular formula is C27H27NO6. The van der Waals surface area contributed by atoms with Crippen molar-refractivity contribution >= 4 is 29.8 Å². The van der Waals surface area contributed by atoms with Crippen LogP contribution in [0.25, 0.3) is 18.2 Å². The Morgan fingerprint density at radius 1 is 0.706 bits per heavy atom. The van der Waals surface area contributed by atoms with Crippen molar-refractivity contribution in [2.24, 2.45) is 0 Å². The molecule has 176 valence electrons. The van der Waals surface area contributed by atoms with Gasteiger partial charge >= 0.3 is 0 Å². The van der Waals surface area contributed by atoms with E-state index in [-0.39, 0.29) is 11.7 Å². The zero-order chi connectivity index (χ0) is 24.5. The molecule has 0 atom stereocenters. The van der Waals surface area contributed by atoms with Crippen molar-refractivity contribution in [2.75, 3.05) is 33.8 Å². The lowest BCUT2D eigenvalue weighted by Gasteiger charge is -2.13. The summed E-state index contributed by atoms with van der Waals surface area (Å²) in [6, 6.07) is 15.7. The molecule has 0 saturated heterocycles. The lowest BCUT2D eigenvalue weighted by molar-refractivity contribution is -0.111. The van der Waals surface area contributed by atoms with Gasteiger partial charge in [-0.25, -0.2) is 0 Å². The summed E-state index contributed by atoms with van der Waals surface area (Å²) in [6.45, 7) is 0. The van der Waals surface area contributed by atoms with Crippen molar-refractivity contribution in [1.82, 2.24) is 0 Å². The van der Waals surface area contributed by atoms with E-state index in [0.717, 1.165) is 16.7 Å². The first-order valence-corrected chi connectivity index (χ1v) is 10.4. The van der Waals surface area contributed by atoms with Gasteiger partial charge in [0.15, 0.2) is 11.5 Å². The van der Waals surface area contributed by atoms with Gasteiger partial charge in [0.1, 0.15) is 11.5 Å². The van der Waals surface area contributed by atoms with Crippen LogP contribution in [0.3, 0.4) is 0 Å². The molecule has 3 rings (SSSR count). The third-order valence-electron chi connectivity index (χ3n) is 4.96.